The maximum atomic E-state index is 12.8. The average Bonchev–Trinajstić information content (AvgIpc) is 2.79. The normalized spacial score (nSPS) is 18.4. The minimum Gasteiger partial charge on any atom is -0.369 e. The number of hydrogen-bond donors (Lipinski definition) is 0. The second kappa shape index (κ2) is 8.83. The Labute approximate surface area is 177 Å². The second-order valence-electron chi connectivity index (χ2n) is 8.14. The zero-order chi connectivity index (χ0) is 21.1. The van der Waals surface area contributed by atoms with Crippen LogP contribution < -0.4 is 4.90 Å². The lowest BCUT2D eigenvalue weighted by molar-refractivity contribution is -0.384. The molecule has 0 radical (unpaired) electrons. The molecule has 0 saturated carbocycles. The van der Waals surface area contributed by atoms with Gasteiger partial charge < -0.3 is 9.80 Å². The first-order valence-electron chi connectivity index (χ1n) is 10.6. The number of hydrogen-bond acceptors (Lipinski definition) is 5. The maximum absolute atomic E-state index is 12.8. The molecule has 0 aliphatic carbocycles. The molecule has 7 nitrogen and oxygen atoms in total. The van der Waals surface area contributed by atoms with E-state index in [0.717, 1.165) is 39.0 Å². The lowest BCUT2D eigenvalue weighted by Gasteiger charge is -2.43. The Morgan fingerprint density at radius 2 is 1.67 bits per heavy atom. The number of para-hydroxylation sites is 1. The van der Waals surface area contributed by atoms with Crippen LogP contribution >= 0.6 is 0 Å². The topological polar surface area (TPSA) is 69.9 Å². The van der Waals surface area contributed by atoms with Crippen LogP contribution in [0.2, 0.25) is 0 Å². The third kappa shape index (κ3) is 4.31. The van der Waals surface area contributed by atoms with Crippen LogP contribution in [-0.2, 0) is 0 Å². The van der Waals surface area contributed by atoms with Crippen molar-refractivity contribution in [1.82, 2.24) is 9.80 Å². The molecule has 0 unspecified atom stereocenters. The summed E-state index contributed by atoms with van der Waals surface area (Å²) in [6.45, 7) is 7.69. The van der Waals surface area contributed by atoms with E-state index >= 15 is 0 Å². The van der Waals surface area contributed by atoms with Gasteiger partial charge in [-0.2, -0.15) is 0 Å². The number of nitrogens with zero attached hydrogens (tertiary/aromatic N) is 4. The van der Waals surface area contributed by atoms with Gasteiger partial charge >= 0.3 is 0 Å². The second-order valence-corrected chi connectivity index (χ2v) is 8.14. The van der Waals surface area contributed by atoms with Gasteiger partial charge in [0.25, 0.3) is 11.6 Å². The van der Waals surface area contributed by atoms with Crippen LogP contribution in [0.25, 0.3) is 0 Å². The average molecular weight is 409 g/mol. The Balaban J connectivity index is 1.30. The van der Waals surface area contributed by atoms with Crippen LogP contribution in [0.4, 0.5) is 11.4 Å². The van der Waals surface area contributed by atoms with Gasteiger partial charge in [-0.05, 0) is 37.5 Å². The Morgan fingerprint density at radius 1 is 0.967 bits per heavy atom. The summed E-state index contributed by atoms with van der Waals surface area (Å²) in [7, 11) is 0. The number of aryl methyl sites for hydroxylation is 1. The van der Waals surface area contributed by atoms with Gasteiger partial charge in [-0.15, -0.1) is 0 Å². The zero-order valence-electron chi connectivity index (χ0n) is 17.4. The van der Waals surface area contributed by atoms with Gasteiger partial charge in [0.2, 0.25) is 0 Å². The minimum atomic E-state index is -0.459. The highest BCUT2D eigenvalue weighted by molar-refractivity contribution is 5.94. The largest absolute Gasteiger partial charge is 0.369 e. The molecule has 2 aliphatic heterocycles. The Kier molecular flexibility index (Phi) is 5.99. The van der Waals surface area contributed by atoms with E-state index in [9.17, 15) is 14.9 Å². The molecule has 0 aromatic heterocycles. The van der Waals surface area contributed by atoms with Crippen molar-refractivity contribution >= 4 is 17.3 Å². The monoisotopic (exact) mass is 408 g/mol. The third-order valence-electron chi connectivity index (χ3n) is 6.34. The molecule has 4 rings (SSSR count). The predicted octanol–water partition coefficient (Wildman–Crippen LogP) is 3.33. The molecule has 0 spiro atoms. The van der Waals surface area contributed by atoms with Gasteiger partial charge in [-0.25, -0.2) is 0 Å². The molecule has 2 aromatic rings. The lowest BCUT2D eigenvalue weighted by Crippen LogP contribution is -2.54. The molecule has 2 fully saturated rings. The Hall–Kier alpha value is -2.93. The van der Waals surface area contributed by atoms with E-state index in [-0.39, 0.29) is 11.6 Å². The van der Waals surface area contributed by atoms with Crippen LogP contribution in [0.3, 0.4) is 0 Å². The van der Waals surface area contributed by atoms with Crippen molar-refractivity contribution in [3.63, 3.8) is 0 Å². The summed E-state index contributed by atoms with van der Waals surface area (Å²) in [5, 5.41) is 11.0. The number of carbonyl (C=O) groups is 1. The molecule has 1 amide bonds. The fraction of sp³-hybridized carbons (Fsp3) is 0.435. The first-order valence-corrected chi connectivity index (χ1v) is 10.6. The smallest absolute Gasteiger partial charge is 0.270 e. The Bertz CT molecular complexity index is 916. The van der Waals surface area contributed by atoms with E-state index in [4.69, 9.17) is 0 Å². The number of rotatable bonds is 4. The van der Waals surface area contributed by atoms with Crippen molar-refractivity contribution in [2.75, 3.05) is 44.2 Å². The molecule has 0 atom stereocenters. The summed E-state index contributed by atoms with van der Waals surface area (Å²) in [6.07, 6.45) is 1.90. The summed E-state index contributed by atoms with van der Waals surface area (Å²) >= 11 is 0. The first kappa shape index (κ1) is 20.3. The number of amides is 1. The molecule has 7 heteroatoms. The van der Waals surface area contributed by atoms with Gasteiger partial charge in [-0.1, -0.05) is 24.3 Å². The number of nitro groups is 1. The highest BCUT2D eigenvalue weighted by atomic mass is 16.6. The number of anilines is 1. The molecule has 30 heavy (non-hydrogen) atoms. The Morgan fingerprint density at radius 3 is 2.33 bits per heavy atom. The van der Waals surface area contributed by atoms with E-state index in [1.807, 2.05) is 4.90 Å². The summed E-state index contributed by atoms with van der Waals surface area (Å²) in [4.78, 5) is 30.1. The van der Waals surface area contributed by atoms with Crippen LogP contribution in [0.1, 0.15) is 28.8 Å². The number of likely N-dealkylation sites (tertiary alicyclic amines) is 1. The van der Waals surface area contributed by atoms with Crippen molar-refractivity contribution in [3.05, 3.63) is 69.8 Å². The number of benzene rings is 2. The maximum Gasteiger partial charge on any atom is 0.270 e. The van der Waals surface area contributed by atoms with Gasteiger partial charge in [0.15, 0.2) is 0 Å². The van der Waals surface area contributed by atoms with E-state index < -0.39 is 4.92 Å². The summed E-state index contributed by atoms with van der Waals surface area (Å²) in [5.74, 6) is -0.110. The van der Waals surface area contributed by atoms with Gasteiger partial charge in [-0.3, -0.25) is 19.8 Å². The van der Waals surface area contributed by atoms with Crippen LogP contribution in [0, 0.1) is 17.0 Å². The molecule has 0 N–H and O–H groups in total. The molecular formula is C23H28N4O3. The highest BCUT2D eigenvalue weighted by Gasteiger charge is 2.30. The summed E-state index contributed by atoms with van der Waals surface area (Å²) in [6, 6.07) is 15.1. The minimum absolute atomic E-state index is 0.0396. The summed E-state index contributed by atoms with van der Waals surface area (Å²) < 4.78 is 0. The van der Waals surface area contributed by atoms with Crippen molar-refractivity contribution in [2.24, 2.45) is 0 Å². The van der Waals surface area contributed by atoms with Gasteiger partial charge in [0.1, 0.15) is 0 Å². The molecular weight excluding hydrogens is 380 g/mol. The number of piperidine rings is 1. The molecule has 158 valence electrons. The molecule has 2 aliphatic rings. The molecule has 0 bridgehead atoms. The third-order valence-corrected chi connectivity index (χ3v) is 6.34. The van der Waals surface area contributed by atoms with Crippen LogP contribution in [-0.4, -0.2) is 65.9 Å². The van der Waals surface area contributed by atoms with Crippen molar-refractivity contribution in [2.45, 2.75) is 25.8 Å². The fourth-order valence-electron chi connectivity index (χ4n) is 4.62. The summed E-state index contributed by atoms with van der Waals surface area (Å²) in [5.41, 5.74) is 3.00. The lowest BCUT2D eigenvalue weighted by atomic mass is 10.0. The van der Waals surface area contributed by atoms with Crippen molar-refractivity contribution in [1.29, 1.82) is 0 Å². The van der Waals surface area contributed by atoms with Crippen molar-refractivity contribution < 1.29 is 9.72 Å². The standard InChI is InChI=1S/C23H28N4O3/c1-18-5-2-3-8-22(18)25-15-13-24(14-16-25)20-9-11-26(12-10-20)23(28)19-6-4-7-21(17-19)27(29)30/h2-8,17,20H,9-16H2,1H3. The molecule has 2 aromatic carbocycles. The highest BCUT2D eigenvalue weighted by Crippen LogP contribution is 2.24. The number of carbonyl (C=O) groups excluding carboxylic acids is 1. The quantitative estimate of drug-likeness (QED) is 0.573. The number of piperazine rings is 1. The van der Waals surface area contributed by atoms with E-state index in [2.05, 4.69) is 41.0 Å². The zero-order valence-corrected chi connectivity index (χ0v) is 17.4. The predicted molar refractivity (Wildman–Crippen MR) is 117 cm³/mol. The number of non-ortho nitro benzene ring substituents is 1. The first-order chi connectivity index (χ1) is 14.5. The van der Waals surface area contributed by atoms with Crippen LogP contribution in [0.5, 0.6) is 0 Å². The van der Waals surface area contributed by atoms with E-state index in [1.54, 1.807) is 12.1 Å². The van der Waals surface area contributed by atoms with Gasteiger partial charge in [0.05, 0.1) is 4.92 Å². The van der Waals surface area contributed by atoms with E-state index in [1.165, 1.54) is 23.4 Å². The molecule has 2 saturated heterocycles. The molecule has 2 heterocycles. The SMILES string of the molecule is Cc1ccccc1N1CCN(C2CCN(C(=O)c3cccc([N+](=O)[O-])c3)CC2)CC1. The van der Waals surface area contributed by atoms with Gasteiger partial charge in [0, 0.05) is 68.7 Å². The van der Waals surface area contributed by atoms with Crippen LogP contribution in [0.15, 0.2) is 48.5 Å². The fourth-order valence-corrected chi connectivity index (χ4v) is 4.62. The van der Waals surface area contributed by atoms with Crippen molar-refractivity contribution in [3.8, 4) is 0 Å². The van der Waals surface area contributed by atoms with E-state index in [0.29, 0.717) is 24.7 Å². The number of nitro benzene ring substituents is 1.